The zero-order valence-corrected chi connectivity index (χ0v) is 11.2. The summed E-state index contributed by atoms with van der Waals surface area (Å²) in [4.78, 5) is 0. The summed E-state index contributed by atoms with van der Waals surface area (Å²) in [6.45, 7) is 6.93. The first kappa shape index (κ1) is 11.1. The normalized spacial score (nSPS) is 25.2. The van der Waals surface area contributed by atoms with E-state index >= 15 is 0 Å². The van der Waals surface area contributed by atoms with Crippen LogP contribution in [-0.2, 0) is 0 Å². The van der Waals surface area contributed by atoms with Crippen molar-refractivity contribution in [3.8, 4) is 0 Å². The van der Waals surface area contributed by atoms with E-state index < -0.39 is 0 Å². The molecule has 0 spiro atoms. The number of benzene rings is 1. The maximum Gasteiger partial charge on any atom is 0.00628 e. The van der Waals surface area contributed by atoms with Crippen molar-refractivity contribution < 1.29 is 0 Å². The van der Waals surface area contributed by atoms with Crippen LogP contribution in [0.4, 0.5) is 0 Å². The fraction of sp³-hybridized carbons (Fsp3) is 0.529. The van der Waals surface area contributed by atoms with Gasteiger partial charge >= 0.3 is 0 Å². The van der Waals surface area contributed by atoms with E-state index in [0.717, 1.165) is 11.8 Å². The second-order valence-electron chi connectivity index (χ2n) is 5.53. The Kier molecular flexibility index (Phi) is 2.61. The fourth-order valence-electron chi connectivity index (χ4n) is 4.14. The van der Waals surface area contributed by atoms with Crippen LogP contribution < -0.4 is 0 Å². The van der Waals surface area contributed by atoms with Gasteiger partial charge < -0.3 is 0 Å². The SMILES string of the molecule is CCC(CC)=C1C2CCC1c1c(C)cccc12. The molecular formula is C17H22. The summed E-state index contributed by atoms with van der Waals surface area (Å²) < 4.78 is 0. The van der Waals surface area contributed by atoms with Crippen LogP contribution in [0.2, 0.25) is 0 Å². The van der Waals surface area contributed by atoms with Crippen LogP contribution in [0.15, 0.2) is 29.3 Å². The number of rotatable bonds is 2. The third-order valence-electron chi connectivity index (χ3n) is 4.84. The molecule has 0 radical (unpaired) electrons. The zero-order chi connectivity index (χ0) is 12.0. The summed E-state index contributed by atoms with van der Waals surface area (Å²) in [6.07, 6.45) is 5.26. The van der Waals surface area contributed by atoms with Gasteiger partial charge in [0, 0.05) is 11.8 Å². The molecule has 0 aliphatic heterocycles. The highest BCUT2D eigenvalue weighted by molar-refractivity contribution is 5.57. The van der Waals surface area contributed by atoms with E-state index in [9.17, 15) is 0 Å². The Hall–Kier alpha value is -1.04. The molecule has 2 bridgehead atoms. The Morgan fingerprint density at radius 2 is 1.82 bits per heavy atom. The van der Waals surface area contributed by atoms with E-state index in [1.165, 1.54) is 31.2 Å². The molecule has 2 atom stereocenters. The highest BCUT2D eigenvalue weighted by atomic mass is 14.5. The highest BCUT2D eigenvalue weighted by Crippen LogP contribution is 2.59. The average Bonchev–Trinajstić information content (AvgIpc) is 2.88. The molecular weight excluding hydrogens is 204 g/mol. The molecule has 1 aromatic rings. The molecule has 3 rings (SSSR count). The lowest BCUT2D eigenvalue weighted by Crippen LogP contribution is -1.99. The largest absolute Gasteiger partial charge is 0.0703 e. The zero-order valence-electron chi connectivity index (χ0n) is 11.2. The predicted octanol–water partition coefficient (Wildman–Crippen LogP) is 5.09. The van der Waals surface area contributed by atoms with Gasteiger partial charge in [0.05, 0.1) is 0 Å². The molecule has 1 saturated carbocycles. The van der Waals surface area contributed by atoms with Crippen molar-refractivity contribution in [2.45, 2.75) is 58.3 Å². The molecule has 0 N–H and O–H groups in total. The van der Waals surface area contributed by atoms with Gasteiger partial charge in [0.15, 0.2) is 0 Å². The molecule has 1 aromatic carbocycles. The Bertz CT molecular complexity index is 473. The minimum Gasteiger partial charge on any atom is -0.0703 e. The van der Waals surface area contributed by atoms with E-state index in [-0.39, 0.29) is 0 Å². The number of aryl methyl sites for hydroxylation is 1. The smallest absolute Gasteiger partial charge is 0.00628 e. The maximum absolute atomic E-state index is 2.37. The van der Waals surface area contributed by atoms with Crippen molar-refractivity contribution in [3.63, 3.8) is 0 Å². The second-order valence-corrected chi connectivity index (χ2v) is 5.53. The van der Waals surface area contributed by atoms with Crippen molar-refractivity contribution in [1.29, 1.82) is 0 Å². The topological polar surface area (TPSA) is 0 Å². The van der Waals surface area contributed by atoms with Crippen LogP contribution in [0.5, 0.6) is 0 Å². The van der Waals surface area contributed by atoms with Gasteiger partial charge in [-0.05, 0) is 49.3 Å². The van der Waals surface area contributed by atoms with E-state index in [1.807, 2.05) is 0 Å². The van der Waals surface area contributed by atoms with E-state index in [0.29, 0.717) is 0 Å². The van der Waals surface area contributed by atoms with Gasteiger partial charge in [-0.25, -0.2) is 0 Å². The second kappa shape index (κ2) is 4.01. The molecule has 1 fully saturated rings. The van der Waals surface area contributed by atoms with E-state index in [1.54, 1.807) is 22.3 Å². The lowest BCUT2D eigenvalue weighted by molar-refractivity contribution is 0.713. The summed E-state index contributed by atoms with van der Waals surface area (Å²) in [5.41, 5.74) is 8.37. The summed E-state index contributed by atoms with van der Waals surface area (Å²) in [7, 11) is 0. The first-order valence-corrected chi connectivity index (χ1v) is 7.09. The number of fused-ring (bicyclic) bond motifs is 5. The third kappa shape index (κ3) is 1.43. The molecule has 17 heavy (non-hydrogen) atoms. The standard InChI is InChI=1S/C17H22/c1-4-12(5-2)17-14-9-10-15(17)16-11(3)7-6-8-13(14)16/h6-8,14-15H,4-5,9-10H2,1-3H3. The molecule has 90 valence electrons. The molecule has 0 heterocycles. The minimum atomic E-state index is 0.768. The van der Waals surface area contributed by atoms with Crippen molar-refractivity contribution in [2.75, 3.05) is 0 Å². The monoisotopic (exact) mass is 226 g/mol. The molecule has 0 heteroatoms. The summed E-state index contributed by atoms with van der Waals surface area (Å²) in [5, 5.41) is 0. The lowest BCUT2D eigenvalue weighted by atomic mass is 9.89. The minimum absolute atomic E-state index is 0.768. The third-order valence-corrected chi connectivity index (χ3v) is 4.84. The Morgan fingerprint density at radius 3 is 2.47 bits per heavy atom. The van der Waals surface area contributed by atoms with Crippen LogP contribution in [0.1, 0.15) is 68.1 Å². The van der Waals surface area contributed by atoms with Gasteiger partial charge in [-0.3, -0.25) is 0 Å². The summed E-state index contributed by atoms with van der Waals surface area (Å²) >= 11 is 0. The Balaban J connectivity index is 2.18. The molecule has 0 nitrogen and oxygen atoms in total. The predicted molar refractivity (Wildman–Crippen MR) is 73.5 cm³/mol. The van der Waals surface area contributed by atoms with Crippen molar-refractivity contribution in [1.82, 2.24) is 0 Å². The van der Waals surface area contributed by atoms with Crippen LogP contribution in [-0.4, -0.2) is 0 Å². The van der Waals surface area contributed by atoms with Crippen molar-refractivity contribution >= 4 is 0 Å². The van der Waals surface area contributed by atoms with Crippen molar-refractivity contribution in [2.24, 2.45) is 0 Å². The first-order chi connectivity index (χ1) is 8.27. The maximum atomic E-state index is 2.37. The van der Waals surface area contributed by atoms with Crippen LogP contribution in [0.25, 0.3) is 0 Å². The fourth-order valence-corrected chi connectivity index (χ4v) is 4.14. The van der Waals surface area contributed by atoms with Crippen LogP contribution in [0, 0.1) is 6.92 Å². The molecule has 2 aliphatic carbocycles. The van der Waals surface area contributed by atoms with Gasteiger partial charge in [-0.2, -0.15) is 0 Å². The van der Waals surface area contributed by atoms with Gasteiger partial charge in [0.1, 0.15) is 0 Å². The molecule has 0 saturated heterocycles. The highest BCUT2D eigenvalue weighted by Gasteiger charge is 2.42. The molecule has 0 amide bonds. The van der Waals surface area contributed by atoms with Crippen LogP contribution in [0.3, 0.4) is 0 Å². The van der Waals surface area contributed by atoms with Gasteiger partial charge in [-0.15, -0.1) is 0 Å². The quantitative estimate of drug-likeness (QED) is 0.616. The summed E-state index contributed by atoms with van der Waals surface area (Å²) in [5.74, 6) is 1.54. The Morgan fingerprint density at radius 1 is 1.12 bits per heavy atom. The number of allylic oxidation sites excluding steroid dienone is 2. The van der Waals surface area contributed by atoms with E-state index in [4.69, 9.17) is 0 Å². The Labute approximate surface area is 105 Å². The molecule has 2 unspecified atom stereocenters. The van der Waals surface area contributed by atoms with E-state index in [2.05, 4.69) is 39.0 Å². The number of hydrogen-bond acceptors (Lipinski definition) is 0. The summed E-state index contributed by atoms with van der Waals surface area (Å²) in [6, 6.07) is 6.90. The van der Waals surface area contributed by atoms with Gasteiger partial charge in [0.25, 0.3) is 0 Å². The molecule has 0 aromatic heterocycles. The van der Waals surface area contributed by atoms with Crippen LogP contribution >= 0.6 is 0 Å². The molecule has 2 aliphatic rings. The van der Waals surface area contributed by atoms with Gasteiger partial charge in [0.2, 0.25) is 0 Å². The lowest BCUT2D eigenvalue weighted by Gasteiger charge is -2.16. The average molecular weight is 226 g/mol. The number of hydrogen-bond donors (Lipinski definition) is 0. The van der Waals surface area contributed by atoms with Crippen molar-refractivity contribution in [3.05, 3.63) is 46.0 Å². The first-order valence-electron chi connectivity index (χ1n) is 7.09. The van der Waals surface area contributed by atoms with Gasteiger partial charge in [-0.1, -0.05) is 43.2 Å².